The molecule has 0 aliphatic heterocycles. The summed E-state index contributed by atoms with van der Waals surface area (Å²) in [4.78, 5) is 5.04. The minimum atomic E-state index is -0.348. The molecule has 0 saturated carbocycles. The van der Waals surface area contributed by atoms with Crippen LogP contribution in [0.25, 0.3) is 0 Å². The lowest BCUT2D eigenvalue weighted by atomic mass is 10.0. The summed E-state index contributed by atoms with van der Waals surface area (Å²) in [5.41, 5.74) is 1.84. The van der Waals surface area contributed by atoms with Gasteiger partial charge in [0.15, 0.2) is 0 Å². The second-order valence-electron chi connectivity index (χ2n) is 3.28. The van der Waals surface area contributed by atoms with Crippen molar-refractivity contribution in [3.05, 3.63) is 36.5 Å². The summed E-state index contributed by atoms with van der Waals surface area (Å²) in [6.45, 7) is 9.61. The molecule has 0 radical (unpaired) electrons. The third-order valence-corrected chi connectivity index (χ3v) is 2.59. The molecule has 2 nitrogen and oxygen atoms in total. The quantitative estimate of drug-likeness (QED) is 0.636. The summed E-state index contributed by atoms with van der Waals surface area (Å²) < 4.78 is 0. The minimum absolute atomic E-state index is 0.348. The molecular weight excluding hydrogens is 162 g/mol. The Morgan fingerprint density at radius 3 is 2.23 bits per heavy atom. The standard InChI is InChI=1S/C11H17NO/c1-4-7-8-11(13-12)9(5-2)10(11)6-3/h5-6H,2-4,7-8,12H2,1H3. The molecule has 0 atom stereocenters. The van der Waals surface area contributed by atoms with Crippen molar-refractivity contribution in [3.63, 3.8) is 0 Å². The van der Waals surface area contributed by atoms with Crippen LogP contribution in [0.2, 0.25) is 0 Å². The first-order valence-corrected chi connectivity index (χ1v) is 4.64. The van der Waals surface area contributed by atoms with Crippen LogP contribution in [0.4, 0.5) is 0 Å². The second kappa shape index (κ2) is 3.90. The van der Waals surface area contributed by atoms with E-state index >= 15 is 0 Å². The average molecular weight is 179 g/mol. The summed E-state index contributed by atoms with van der Waals surface area (Å²) in [5, 5.41) is 0. The average Bonchev–Trinajstić information content (AvgIpc) is 2.82. The van der Waals surface area contributed by atoms with E-state index in [1.807, 2.05) is 0 Å². The van der Waals surface area contributed by atoms with Crippen molar-refractivity contribution in [1.82, 2.24) is 0 Å². The van der Waals surface area contributed by atoms with Crippen LogP contribution < -0.4 is 5.90 Å². The van der Waals surface area contributed by atoms with Crippen molar-refractivity contribution in [2.24, 2.45) is 5.90 Å². The predicted molar refractivity (Wildman–Crippen MR) is 54.9 cm³/mol. The van der Waals surface area contributed by atoms with Crippen LogP contribution in [-0.4, -0.2) is 5.60 Å². The van der Waals surface area contributed by atoms with Gasteiger partial charge in [-0.25, -0.2) is 5.90 Å². The highest BCUT2D eigenvalue weighted by atomic mass is 16.6. The van der Waals surface area contributed by atoms with Gasteiger partial charge in [0.05, 0.1) is 0 Å². The molecular formula is C11H17NO. The summed E-state index contributed by atoms with van der Waals surface area (Å²) in [7, 11) is 0. The zero-order chi connectivity index (χ0) is 9.90. The molecule has 13 heavy (non-hydrogen) atoms. The molecule has 0 aromatic heterocycles. The molecule has 72 valence electrons. The molecule has 0 saturated heterocycles. The highest BCUT2D eigenvalue weighted by Crippen LogP contribution is 2.50. The summed E-state index contributed by atoms with van der Waals surface area (Å²) in [6.07, 6.45) is 6.79. The van der Waals surface area contributed by atoms with Gasteiger partial charge in [0.25, 0.3) is 0 Å². The second-order valence-corrected chi connectivity index (χ2v) is 3.28. The monoisotopic (exact) mass is 179 g/mol. The van der Waals surface area contributed by atoms with Gasteiger partial charge in [0.2, 0.25) is 0 Å². The van der Waals surface area contributed by atoms with Gasteiger partial charge in [-0.1, -0.05) is 45.1 Å². The van der Waals surface area contributed by atoms with Crippen LogP contribution in [-0.2, 0) is 4.84 Å². The van der Waals surface area contributed by atoms with Crippen LogP contribution in [0.15, 0.2) is 36.5 Å². The van der Waals surface area contributed by atoms with Gasteiger partial charge in [-0.05, 0) is 17.6 Å². The normalized spacial score (nSPS) is 18.6. The number of rotatable bonds is 6. The van der Waals surface area contributed by atoms with E-state index in [9.17, 15) is 0 Å². The number of nitrogens with two attached hydrogens (primary N) is 1. The van der Waals surface area contributed by atoms with E-state index in [4.69, 9.17) is 10.7 Å². The lowest BCUT2D eigenvalue weighted by Gasteiger charge is -2.15. The Balaban J connectivity index is 2.67. The van der Waals surface area contributed by atoms with E-state index in [0.29, 0.717) is 0 Å². The fourth-order valence-corrected chi connectivity index (χ4v) is 1.78. The predicted octanol–water partition coefficient (Wildman–Crippen LogP) is 2.49. The molecule has 0 unspecified atom stereocenters. The van der Waals surface area contributed by atoms with Crippen molar-refractivity contribution in [3.8, 4) is 0 Å². The Bertz CT molecular complexity index is 235. The highest BCUT2D eigenvalue weighted by Gasteiger charge is 2.50. The molecule has 2 heteroatoms. The molecule has 0 heterocycles. The van der Waals surface area contributed by atoms with Crippen molar-refractivity contribution < 1.29 is 4.84 Å². The smallest absolute Gasteiger partial charge is 0.140 e. The van der Waals surface area contributed by atoms with Gasteiger partial charge in [-0.2, -0.15) is 0 Å². The van der Waals surface area contributed by atoms with Gasteiger partial charge in [0, 0.05) is 0 Å². The zero-order valence-corrected chi connectivity index (χ0v) is 8.18. The topological polar surface area (TPSA) is 35.2 Å². The van der Waals surface area contributed by atoms with E-state index in [-0.39, 0.29) is 5.60 Å². The lowest BCUT2D eigenvalue weighted by Crippen LogP contribution is -2.24. The van der Waals surface area contributed by atoms with E-state index in [1.165, 1.54) is 0 Å². The number of unbranched alkanes of at least 4 members (excludes halogenated alkanes) is 1. The van der Waals surface area contributed by atoms with Gasteiger partial charge in [-0.3, -0.25) is 4.84 Å². The van der Waals surface area contributed by atoms with Crippen LogP contribution in [0, 0.1) is 0 Å². The van der Waals surface area contributed by atoms with Crippen LogP contribution >= 0.6 is 0 Å². The molecule has 0 aromatic carbocycles. The van der Waals surface area contributed by atoms with Crippen LogP contribution in [0.5, 0.6) is 0 Å². The molecule has 0 bridgehead atoms. The highest BCUT2D eigenvalue weighted by molar-refractivity contribution is 5.63. The molecule has 0 fully saturated rings. The van der Waals surface area contributed by atoms with Gasteiger partial charge in [0.1, 0.15) is 5.60 Å². The van der Waals surface area contributed by atoms with E-state index < -0.39 is 0 Å². The van der Waals surface area contributed by atoms with Crippen molar-refractivity contribution in [1.29, 1.82) is 0 Å². The Labute approximate surface area is 79.7 Å². The Kier molecular flexibility index (Phi) is 3.07. The van der Waals surface area contributed by atoms with Crippen molar-refractivity contribution in [2.45, 2.75) is 31.8 Å². The van der Waals surface area contributed by atoms with E-state index in [0.717, 1.165) is 30.4 Å². The van der Waals surface area contributed by atoms with Crippen LogP contribution in [0.1, 0.15) is 26.2 Å². The molecule has 2 N–H and O–H groups in total. The maximum atomic E-state index is 5.30. The first kappa shape index (κ1) is 10.2. The molecule has 1 aliphatic carbocycles. The largest absolute Gasteiger partial charge is 0.288 e. The third-order valence-electron chi connectivity index (χ3n) is 2.59. The van der Waals surface area contributed by atoms with E-state index in [2.05, 4.69) is 20.1 Å². The Morgan fingerprint density at radius 1 is 1.38 bits per heavy atom. The first-order chi connectivity index (χ1) is 6.26. The SMILES string of the molecule is C=CC1=C(C=C)C1(CCCC)ON. The number of hydrogen-bond donors (Lipinski definition) is 1. The summed E-state index contributed by atoms with van der Waals surface area (Å²) in [5.74, 6) is 5.30. The van der Waals surface area contributed by atoms with Gasteiger partial charge >= 0.3 is 0 Å². The van der Waals surface area contributed by atoms with Crippen LogP contribution in [0.3, 0.4) is 0 Å². The first-order valence-electron chi connectivity index (χ1n) is 4.64. The van der Waals surface area contributed by atoms with Crippen molar-refractivity contribution in [2.75, 3.05) is 0 Å². The lowest BCUT2D eigenvalue weighted by molar-refractivity contribution is 0.0374. The van der Waals surface area contributed by atoms with Gasteiger partial charge < -0.3 is 0 Å². The minimum Gasteiger partial charge on any atom is -0.288 e. The molecule has 0 aromatic rings. The molecule has 0 spiro atoms. The molecule has 1 rings (SSSR count). The summed E-state index contributed by atoms with van der Waals surface area (Å²) >= 11 is 0. The maximum Gasteiger partial charge on any atom is 0.140 e. The van der Waals surface area contributed by atoms with Gasteiger partial charge in [-0.15, -0.1) is 0 Å². The Hall–Kier alpha value is -0.860. The molecule has 1 aliphatic rings. The number of hydrogen-bond acceptors (Lipinski definition) is 2. The summed E-state index contributed by atoms with van der Waals surface area (Å²) in [6, 6.07) is 0. The van der Waals surface area contributed by atoms with Crippen molar-refractivity contribution >= 4 is 0 Å². The Morgan fingerprint density at radius 2 is 1.92 bits per heavy atom. The molecule has 0 amide bonds. The fraction of sp³-hybridized carbons (Fsp3) is 0.455. The maximum absolute atomic E-state index is 5.30. The third kappa shape index (κ3) is 1.47. The fourth-order valence-electron chi connectivity index (χ4n) is 1.78. The van der Waals surface area contributed by atoms with E-state index in [1.54, 1.807) is 12.2 Å². The zero-order valence-electron chi connectivity index (χ0n) is 8.18.